The lowest BCUT2D eigenvalue weighted by Crippen LogP contribution is -2.07. The van der Waals surface area contributed by atoms with Crippen LogP contribution in [-0.4, -0.2) is 17.6 Å². The van der Waals surface area contributed by atoms with Crippen LogP contribution in [0.5, 0.6) is 11.5 Å². The molecule has 2 aromatic rings. The van der Waals surface area contributed by atoms with Gasteiger partial charge in [0.1, 0.15) is 11.5 Å². The Morgan fingerprint density at radius 3 is 2.44 bits per heavy atom. The summed E-state index contributed by atoms with van der Waals surface area (Å²) >= 11 is 0. The molecule has 0 saturated carbocycles. The van der Waals surface area contributed by atoms with Crippen molar-refractivity contribution in [3.8, 4) is 11.5 Å². The maximum Gasteiger partial charge on any atom is 0.248 e. The Balaban J connectivity index is 1.78. The fourth-order valence-electron chi connectivity index (χ4n) is 2.29. The molecule has 4 nitrogen and oxygen atoms in total. The molecule has 0 spiro atoms. The van der Waals surface area contributed by atoms with Crippen LogP contribution in [0.4, 0.5) is 5.69 Å². The topological polar surface area (TPSA) is 58.6 Å². The molecule has 2 N–H and O–H groups in total. The van der Waals surface area contributed by atoms with Gasteiger partial charge in [-0.15, -0.1) is 0 Å². The lowest BCUT2D eigenvalue weighted by atomic mass is 10.2. The van der Waals surface area contributed by atoms with E-state index in [2.05, 4.69) is 12.2 Å². The Bertz CT molecular complexity index is 675. The Morgan fingerprint density at radius 2 is 1.76 bits per heavy atom. The third-order valence-corrected chi connectivity index (χ3v) is 3.71. The largest absolute Gasteiger partial charge is 0.508 e. The first-order valence-electron chi connectivity index (χ1n) is 8.68. The van der Waals surface area contributed by atoms with Gasteiger partial charge in [0.05, 0.1) is 6.61 Å². The number of phenols is 1. The molecule has 2 rings (SSSR count). The fraction of sp³-hybridized carbons (Fsp3) is 0.286. The molecule has 0 radical (unpaired) electrons. The van der Waals surface area contributed by atoms with Gasteiger partial charge < -0.3 is 15.2 Å². The molecule has 0 aromatic heterocycles. The summed E-state index contributed by atoms with van der Waals surface area (Å²) in [5, 5.41) is 12.0. The van der Waals surface area contributed by atoms with E-state index in [0.717, 1.165) is 30.0 Å². The van der Waals surface area contributed by atoms with Gasteiger partial charge in [0.2, 0.25) is 5.91 Å². The van der Waals surface area contributed by atoms with Gasteiger partial charge in [-0.2, -0.15) is 0 Å². The molecule has 4 heteroatoms. The quantitative estimate of drug-likeness (QED) is 0.499. The van der Waals surface area contributed by atoms with Crippen LogP contribution in [0.25, 0.3) is 6.08 Å². The van der Waals surface area contributed by atoms with Gasteiger partial charge in [0.15, 0.2) is 0 Å². The highest BCUT2D eigenvalue weighted by Gasteiger charge is 1.99. The Labute approximate surface area is 149 Å². The molecule has 0 atom stereocenters. The number of aromatic hydroxyl groups is 1. The van der Waals surface area contributed by atoms with Crippen molar-refractivity contribution in [2.24, 2.45) is 0 Å². The molecule has 132 valence electrons. The molecular weight excluding hydrogens is 314 g/mol. The van der Waals surface area contributed by atoms with Crippen molar-refractivity contribution in [1.82, 2.24) is 0 Å². The van der Waals surface area contributed by atoms with E-state index in [1.54, 1.807) is 30.3 Å². The molecule has 0 aliphatic carbocycles. The van der Waals surface area contributed by atoms with Crippen molar-refractivity contribution < 1.29 is 14.6 Å². The van der Waals surface area contributed by atoms with E-state index in [1.807, 2.05) is 24.3 Å². The van der Waals surface area contributed by atoms with E-state index in [4.69, 9.17) is 4.74 Å². The molecular formula is C21H25NO3. The average Bonchev–Trinajstić information content (AvgIpc) is 2.62. The molecule has 0 heterocycles. The number of carbonyl (C=O) groups excluding carboxylic acids is 1. The highest BCUT2D eigenvalue weighted by Crippen LogP contribution is 2.16. The van der Waals surface area contributed by atoms with E-state index in [9.17, 15) is 9.90 Å². The number of benzene rings is 2. The van der Waals surface area contributed by atoms with Crippen molar-refractivity contribution in [2.75, 3.05) is 11.9 Å². The number of ether oxygens (including phenoxy) is 1. The molecule has 0 fully saturated rings. The molecule has 0 aliphatic rings. The number of phenolic OH excluding ortho intramolecular Hbond substituents is 1. The van der Waals surface area contributed by atoms with E-state index in [1.165, 1.54) is 25.3 Å². The first kappa shape index (κ1) is 18.6. The van der Waals surface area contributed by atoms with Crippen molar-refractivity contribution in [3.63, 3.8) is 0 Å². The van der Waals surface area contributed by atoms with Crippen LogP contribution in [-0.2, 0) is 4.79 Å². The fourth-order valence-corrected chi connectivity index (χ4v) is 2.29. The van der Waals surface area contributed by atoms with Crippen LogP contribution < -0.4 is 10.1 Å². The maximum absolute atomic E-state index is 11.9. The minimum atomic E-state index is -0.207. The van der Waals surface area contributed by atoms with Crippen molar-refractivity contribution in [1.29, 1.82) is 0 Å². The van der Waals surface area contributed by atoms with E-state index >= 15 is 0 Å². The number of carbonyl (C=O) groups is 1. The van der Waals surface area contributed by atoms with Gasteiger partial charge in [-0.05, 0) is 54.5 Å². The zero-order valence-corrected chi connectivity index (χ0v) is 14.6. The number of amides is 1. The first-order valence-corrected chi connectivity index (χ1v) is 8.68. The summed E-state index contributed by atoms with van der Waals surface area (Å²) in [5.74, 6) is 0.810. The average molecular weight is 339 g/mol. The molecule has 0 saturated heterocycles. The van der Waals surface area contributed by atoms with E-state index in [-0.39, 0.29) is 11.7 Å². The first-order chi connectivity index (χ1) is 12.2. The summed E-state index contributed by atoms with van der Waals surface area (Å²) in [6.07, 6.45) is 7.88. The summed E-state index contributed by atoms with van der Waals surface area (Å²) in [4.78, 5) is 11.9. The smallest absolute Gasteiger partial charge is 0.248 e. The summed E-state index contributed by atoms with van der Waals surface area (Å²) in [7, 11) is 0. The van der Waals surface area contributed by atoms with Crippen molar-refractivity contribution >= 4 is 17.7 Å². The van der Waals surface area contributed by atoms with Crippen LogP contribution in [0.15, 0.2) is 54.6 Å². The van der Waals surface area contributed by atoms with Crippen LogP contribution in [0, 0.1) is 0 Å². The van der Waals surface area contributed by atoms with Gasteiger partial charge in [-0.25, -0.2) is 0 Å². The number of rotatable bonds is 9. The van der Waals surface area contributed by atoms with Gasteiger partial charge in [-0.1, -0.05) is 38.3 Å². The highest BCUT2D eigenvalue weighted by molar-refractivity contribution is 6.01. The number of anilines is 1. The third-order valence-electron chi connectivity index (χ3n) is 3.71. The Hall–Kier alpha value is -2.75. The lowest BCUT2D eigenvalue weighted by Gasteiger charge is -2.07. The Morgan fingerprint density at radius 1 is 1.04 bits per heavy atom. The van der Waals surface area contributed by atoms with Gasteiger partial charge in [0.25, 0.3) is 0 Å². The van der Waals surface area contributed by atoms with Crippen molar-refractivity contribution in [3.05, 3.63) is 60.2 Å². The lowest BCUT2D eigenvalue weighted by molar-refractivity contribution is -0.111. The second-order valence-electron chi connectivity index (χ2n) is 5.85. The summed E-state index contributed by atoms with van der Waals surface area (Å²) < 4.78 is 5.68. The SMILES string of the molecule is CCCCCCOc1ccc(NC(=O)/C=C/c2ccc(O)cc2)cc1. The van der Waals surface area contributed by atoms with E-state index < -0.39 is 0 Å². The van der Waals surface area contributed by atoms with Crippen molar-refractivity contribution in [2.45, 2.75) is 32.6 Å². The standard InChI is InChI=1S/C21H25NO3/c1-2-3-4-5-16-25-20-13-9-18(10-14-20)22-21(24)15-8-17-6-11-19(23)12-7-17/h6-15,23H,2-5,16H2,1H3,(H,22,24)/b15-8+. The molecule has 0 aliphatic heterocycles. The number of unbranched alkanes of at least 4 members (excludes halogenated alkanes) is 3. The highest BCUT2D eigenvalue weighted by atomic mass is 16.5. The molecule has 0 unspecified atom stereocenters. The zero-order valence-electron chi connectivity index (χ0n) is 14.6. The molecule has 25 heavy (non-hydrogen) atoms. The minimum absolute atomic E-state index is 0.203. The van der Waals surface area contributed by atoms with Crippen LogP contribution >= 0.6 is 0 Å². The Kier molecular flexibility index (Phi) is 7.57. The van der Waals surface area contributed by atoms with Crippen LogP contribution in [0.3, 0.4) is 0 Å². The number of nitrogens with one attached hydrogen (secondary N) is 1. The van der Waals surface area contributed by atoms with Crippen LogP contribution in [0.2, 0.25) is 0 Å². The number of hydrogen-bond acceptors (Lipinski definition) is 3. The van der Waals surface area contributed by atoms with Gasteiger partial charge in [-0.3, -0.25) is 4.79 Å². The van der Waals surface area contributed by atoms with Crippen LogP contribution in [0.1, 0.15) is 38.2 Å². The predicted octanol–water partition coefficient (Wildman–Crippen LogP) is 5.00. The predicted molar refractivity (Wildman–Crippen MR) is 102 cm³/mol. The molecule has 1 amide bonds. The van der Waals surface area contributed by atoms with Gasteiger partial charge >= 0.3 is 0 Å². The summed E-state index contributed by atoms with van der Waals surface area (Å²) in [6.45, 7) is 2.91. The second kappa shape index (κ2) is 10.2. The summed E-state index contributed by atoms with van der Waals surface area (Å²) in [5.41, 5.74) is 1.57. The zero-order chi connectivity index (χ0) is 17.9. The monoisotopic (exact) mass is 339 g/mol. The van der Waals surface area contributed by atoms with E-state index in [0.29, 0.717) is 0 Å². The number of hydrogen-bond donors (Lipinski definition) is 2. The maximum atomic E-state index is 11.9. The van der Waals surface area contributed by atoms with Gasteiger partial charge in [0, 0.05) is 11.8 Å². The second-order valence-corrected chi connectivity index (χ2v) is 5.85. The third kappa shape index (κ3) is 7.12. The summed E-state index contributed by atoms with van der Waals surface area (Å²) in [6, 6.07) is 14.0. The normalized spacial score (nSPS) is 10.8. The molecule has 0 bridgehead atoms. The molecule has 2 aromatic carbocycles. The minimum Gasteiger partial charge on any atom is -0.508 e.